The number of hydrogen-bond donors (Lipinski definition) is 1. The smallest absolute Gasteiger partial charge is 0.0729 e. The summed E-state index contributed by atoms with van der Waals surface area (Å²) in [7, 11) is 2.03. The van der Waals surface area contributed by atoms with E-state index in [1.807, 2.05) is 19.3 Å². The highest BCUT2D eigenvalue weighted by Crippen LogP contribution is 2.42. The van der Waals surface area contributed by atoms with Crippen LogP contribution < -0.4 is 5.32 Å². The quantitative estimate of drug-likeness (QED) is 0.905. The van der Waals surface area contributed by atoms with E-state index in [2.05, 4.69) is 32.3 Å². The van der Waals surface area contributed by atoms with Gasteiger partial charge in [0, 0.05) is 30.5 Å². The van der Waals surface area contributed by atoms with E-state index in [1.54, 1.807) is 0 Å². The number of hydrogen-bond acceptors (Lipinski definition) is 4. The predicted octanol–water partition coefficient (Wildman–Crippen LogP) is 3.08. The van der Waals surface area contributed by atoms with Crippen LogP contribution in [0.15, 0.2) is 22.8 Å². The van der Waals surface area contributed by atoms with Crippen LogP contribution in [0.25, 0.3) is 0 Å². The maximum absolute atomic E-state index is 6.16. The maximum Gasteiger partial charge on any atom is 0.0729 e. The van der Waals surface area contributed by atoms with Gasteiger partial charge in [-0.05, 0) is 66.7 Å². The molecule has 1 N–H and O–H groups in total. The van der Waals surface area contributed by atoms with Gasteiger partial charge in [0.1, 0.15) is 0 Å². The molecule has 2 atom stereocenters. The van der Waals surface area contributed by atoms with Gasteiger partial charge in [0.15, 0.2) is 0 Å². The molecule has 0 saturated carbocycles. The van der Waals surface area contributed by atoms with Crippen molar-refractivity contribution in [1.82, 2.24) is 10.3 Å². The summed E-state index contributed by atoms with van der Waals surface area (Å²) in [6.45, 7) is 2.49. The fourth-order valence-corrected chi connectivity index (χ4v) is 4.17. The molecule has 21 heavy (non-hydrogen) atoms. The van der Waals surface area contributed by atoms with Gasteiger partial charge in [-0.1, -0.05) is 0 Å². The Morgan fingerprint density at radius 2 is 2.19 bits per heavy atom. The van der Waals surface area contributed by atoms with Crippen molar-refractivity contribution in [3.05, 3.63) is 28.5 Å². The van der Waals surface area contributed by atoms with Crippen molar-refractivity contribution in [2.75, 3.05) is 26.9 Å². The number of pyridine rings is 1. The van der Waals surface area contributed by atoms with Gasteiger partial charge in [0.2, 0.25) is 0 Å². The molecule has 2 saturated heterocycles. The Labute approximate surface area is 134 Å². The van der Waals surface area contributed by atoms with Crippen LogP contribution >= 0.6 is 15.9 Å². The highest BCUT2D eigenvalue weighted by atomic mass is 79.9. The molecule has 0 amide bonds. The maximum atomic E-state index is 6.16. The average molecular weight is 355 g/mol. The van der Waals surface area contributed by atoms with Gasteiger partial charge in [0.25, 0.3) is 0 Å². The van der Waals surface area contributed by atoms with Crippen LogP contribution in [0.5, 0.6) is 0 Å². The van der Waals surface area contributed by atoms with Crippen molar-refractivity contribution < 1.29 is 9.47 Å². The molecule has 1 spiro atoms. The number of nitrogens with zero attached hydrogens (tertiary/aromatic N) is 1. The fourth-order valence-electron chi connectivity index (χ4n) is 3.66. The molecule has 2 fully saturated rings. The lowest BCUT2D eigenvalue weighted by Crippen LogP contribution is -2.46. The molecule has 0 aromatic carbocycles. The van der Waals surface area contributed by atoms with E-state index in [4.69, 9.17) is 9.47 Å². The zero-order valence-electron chi connectivity index (χ0n) is 12.5. The van der Waals surface area contributed by atoms with Gasteiger partial charge in [0.05, 0.1) is 17.3 Å². The molecule has 5 heteroatoms. The van der Waals surface area contributed by atoms with Crippen molar-refractivity contribution in [3.8, 4) is 0 Å². The van der Waals surface area contributed by atoms with E-state index < -0.39 is 0 Å². The van der Waals surface area contributed by atoms with Crippen LogP contribution in [-0.2, 0) is 9.47 Å². The molecular formula is C16H23BrN2O2. The molecule has 4 nitrogen and oxygen atoms in total. The minimum atomic E-state index is 0.0253. The highest BCUT2D eigenvalue weighted by molar-refractivity contribution is 9.10. The van der Waals surface area contributed by atoms with Crippen molar-refractivity contribution in [3.63, 3.8) is 0 Å². The molecule has 116 valence electrons. The first-order valence-corrected chi connectivity index (χ1v) is 8.53. The SMILES string of the molecule is CNC(c1ncccc1Br)C1CCOC2(CCOCC2)C1. The molecular weight excluding hydrogens is 332 g/mol. The molecule has 2 aliphatic heterocycles. The first-order valence-electron chi connectivity index (χ1n) is 7.73. The summed E-state index contributed by atoms with van der Waals surface area (Å²) in [5.74, 6) is 0.549. The van der Waals surface area contributed by atoms with Crippen LogP contribution in [0.3, 0.4) is 0 Å². The summed E-state index contributed by atoms with van der Waals surface area (Å²) in [6, 6.07) is 4.30. The molecule has 0 bridgehead atoms. The molecule has 2 aliphatic rings. The van der Waals surface area contributed by atoms with E-state index in [-0.39, 0.29) is 11.6 Å². The zero-order valence-corrected chi connectivity index (χ0v) is 14.1. The second-order valence-electron chi connectivity index (χ2n) is 6.03. The molecule has 1 aromatic heterocycles. The summed E-state index contributed by atoms with van der Waals surface area (Å²) in [5.41, 5.74) is 1.13. The van der Waals surface area contributed by atoms with Gasteiger partial charge in [-0.15, -0.1) is 0 Å². The minimum Gasteiger partial charge on any atom is -0.381 e. The number of ether oxygens (including phenoxy) is 2. The lowest BCUT2D eigenvalue weighted by atomic mass is 9.77. The molecule has 3 heterocycles. The van der Waals surface area contributed by atoms with Crippen LogP contribution in [-0.4, -0.2) is 37.5 Å². The molecule has 0 aliphatic carbocycles. The topological polar surface area (TPSA) is 43.4 Å². The van der Waals surface area contributed by atoms with E-state index in [1.165, 1.54) is 0 Å². The van der Waals surface area contributed by atoms with Gasteiger partial charge in [-0.3, -0.25) is 4.98 Å². The Bertz CT molecular complexity index is 472. The van der Waals surface area contributed by atoms with E-state index >= 15 is 0 Å². The number of halogens is 1. The Morgan fingerprint density at radius 1 is 1.38 bits per heavy atom. The number of aromatic nitrogens is 1. The lowest BCUT2D eigenvalue weighted by Gasteiger charge is -2.45. The number of rotatable bonds is 3. The van der Waals surface area contributed by atoms with E-state index in [0.717, 1.165) is 55.7 Å². The standard InChI is InChI=1S/C16H23BrN2O2/c1-18-14(15-13(17)3-2-7-19-15)12-4-8-21-16(11-12)5-9-20-10-6-16/h2-3,7,12,14,18H,4-6,8-11H2,1H3. The summed E-state index contributed by atoms with van der Waals surface area (Å²) in [4.78, 5) is 4.58. The number of nitrogens with one attached hydrogen (secondary N) is 1. The summed E-state index contributed by atoms with van der Waals surface area (Å²) >= 11 is 3.64. The third-order valence-corrected chi connectivity index (χ3v) is 5.47. The molecule has 3 rings (SSSR count). The van der Waals surface area contributed by atoms with Crippen molar-refractivity contribution >= 4 is 15.9 Å². The third kappa shape index (κ3) is 3.31. The average Bonchev–Trinajstić information content (AvgIpc) is 2.51. The highest BCUT2D eigenvalue weighted by Gasteiger charge is 2.41. The van der Waals surface area contributed by atoms with Crippen molar-refractivity contribution in [1.29, 1.82) is 0 Å². The first-order chi connectivity index (χ1) is 10.2. The largest absolute Gasteiger partial charge is 0.381 e. The summed E-state index contributed by atoms with van der Waals surface area (Å²) in [5, 5.41) is 3.47. The lowest BCUT2D eigenvalue weighted by molar-refractivity contribution is -0.150. The second kappa shape index (κ2) is 6.73. The van der Waals surface area contributed by atoms with Crippen molar-refractivity contribution in [2.45, 2.75) is 37.3 Å². The Hall–Kier alpha value is -0.490. The second-order valence-corrected chi connectivity index (χ2v) is 6.89. The predicted molar refractivity (Wildman–Crippen MR) is 85.2 cm³/mol. The molecule has 0 radical (unpaired) electrons. The third-order valence-electron chi connectivity index (χ3n) is 4.80. The first kappa shape index (κ1) is 15.4. The van der Waals surface area contributed by atoms with Gasteiger partial charge in [-0.2, -0.15) is 0 Å². The van der Waals surface area contributed by atoms with Gasteiger partial charge in [-0.25, -0.2) is 0 Å². The van der Waals surface area contributed by atoms with Crippen molar-refractivity contribution in [2.24, 2.45) is 5.92 Å². The fraction of sp³-hybridized carbons (Fsp3) is 0.688. The molecule has 2 unspecified atom stereocenters. The minimum absolute atomic E-state index is 0.0253. The zero-order chi connectivity index (χ0) is 14.7. The van der Waals surface area contributed by atoms with Crippen LogP contribution in [0, 0.1) is 5.92 Å². The Balaban J connectivity index is 1.79. The monoisotopic (exact) mass is 354 g/mol. The van der Waals surface area contributed by atoms with E-state index in [9.17, 15) is 0 Å². The summed E-state index contributed by atoms with van der Waals surface area (Å²) in [6.07, 6.45) is 6.07. The van der Waals surface area contributed by atoms with Crippen LogP contribution in [0.1, 0.15) is 37.4 Å². The summed E-state index contributed by atoms with van der Waals surface area (Å²) < 4.78 is 12.7. The van der Waals surface area contributed by atoms with E-state index in [0.29, 0.717) is 5.92 Å². The van der Waals surface area contributed by atoms with Crippen LogP contribution in [0.2, 0.25) is 0 Å². The van der Waals surface area contributed by atoms with Crippen LogP contribution in [0.4, 0.5) is 0 Å². The Kier molecular flexibility index (Phi) is 4.94. The molecule has 1 aromatic rings. The normalized spacial score (nSPS) is 26.7. The Morgan fingerprint density at radius 3 is 2.90 bits per heavy atom. The van der Waals surface area contributed by atoms with Gasteiger partial charge >= 0.3 is 0 Å². The van der Waals surface area contributed by atoms with Gasteiger partial charge < -0.3 is 14.8 Å².